The van der Waals surface area contributed by atoms with Crippen molar-refractivity contribution in [3.63, 3.8) is 0 Å². The van der Waals surface area contributed by atoms with Crippen LogP contribution in [0, 0.1) is 0 Å². The van der Waals surface area contributed by atoms with Crippen LogP contribution in [0.25, 0.3) is 0 Å². The van der Waals surface area contributed by atoms with Crippen LogP contribution in [-0.4, -0.2) is 24.4 Å². The van der Waals surface area contributed by atoms with Gasteiger partial charge in [-0.2, -0.15) is 0 Å². The van der Waals surface area contributed by atoms with Crippen molar-refractivity contribution in [3.8, 4) is 5.75 Å². The van der Waals surface area contributed by atoms with Crippen molar-refractivity contribution in [1.82, 2.24) is 5.32 Å². The molecule has 0 aliphatic heterocycles. The maximum absolute atomic E-state index is 11.3. The molecule has 0 fully saturated rings. The van der Waals surface area contributed by atoms with E-state index in [-0.39, 0.29) is 6.61 Å². The maximum Gasteiger partial charge on any atom is 0.412 e. The Morgan fingerprint density at radius 1 is 1.50 bits per heavy atom. The third kappa shape index (κ3) is 4.31. The number of rotatable bonds is 5. The lowest BCUT2D eigenvalue weighted by Gasteiger charge is -2.06. The predicted molar refractivity (Wildman–Crippen MR) is 61.5 cm³/mol. The molecule has 0 heterocycles. The number of ether oxygens (including phenoxy) is 1. The molecule has 0 saturated heterocycles. The lowest BCUT2D eigenvalue weighted by atomic mass is 10.2. The Hall–Kier alpha value is -1.55. The number of aliphatic hydroxyl groups excluding tert-OH is 1. The van der Waals surface area contributed by atoms with Crippen LogP contribution in [0.2, 0.25) is 0 Å². The zero-order valence-corrected chi connectivity index (χ0v) is 9.40. The largest absolute Gasteiger partial charge is 0.412 e. The van der Waals surface area contributed by atoms with Crippen LogP contribution in [0.4, 0.5) is 4.79 Å². The van der Waals surface area contributed by atoms with Crippen LogP contribution < -0.4 is 10.1 Å². The van der Waals surface area contributed by atoms with E-state index in [0.717, 1.165) is 12.0 Å². The Bertz CT molecular complexity index is 339. The Morgan fingerprint density at radius 3 is 3.00 bits per heavy atom. The van der Waals surface area contributed by atoms with Crippen LogP contribution in [0.15, 0.2) is 24.3 Å². The molecular weight excluding hydrogens is 206 g/mol. The molecule has 1 amide bonds. The number of amides is 1. The van der Waals surface area contributed by atoms with Gasteiger partial charge in [0.25, 0.3) is 0 Å². The third-order valence-corrected chi connectivity index (χ3v) is 2.12. The number of carbonyl (C=O) groups is 1. The molecule has 4 nitrogen and oxygen atoms in total. The van der Waals surface area contributed by atoms with Gasteiger partial charge in [0.1, 0.15) is 5.75 Å². The SMILES string of the molecule is CCc1cccc(OC(=O)NCCCO)c1. The molecule has 0 atom stereocenters. The van der Waals surface area contributed by atoms with Crippen molar-refractivity contribution in [1.29, 1.82) is 0 Å². The molecule has 0 unspecified atom stereocenters. The molecule has 1 aromatic carbocycles. The number of aryl methyl sites for hydroxylation is 1. The fourth-order valence-corrected chi connectivity index (χ4v) is 1.24. The van der Waals surface area contributed by atoms with Gasteiger partial charge in [-0.15, -0.1) is 0 Å². The molecule has 4 heteroatoms. The molecule has 0 spiro atoms. The molecule has 1 aromatic rings. The Balaban J connectivity index is 2.43. The van der Waals surface area contributed by atoms with Crippen LogP contribution in [-0.2, 0) is 6.42 Å². The van der Waals surface area contributed by atoms with E-state index in [1.807, 2.05) is 25.1 Å². The van der Waals surface area contributed by atoms with Crippen LogP contribution in [0.1, 0.15) is 18.9 Å². The summed E-state index contributed by atoms with van der Waals surface area (Å²) >= 11 is 0. The van der Waals surface area contributed by atoms with Gasteiger partial charge in [0.15, 0.2) is 0 Å². The van der Waals surface area contributed by atoms with Gasteiger partial charge in [-0.25, -0.2) is 4.79 Å². The smallest absolute Gasteiger partial charge is 0.410 e. The second-order valence-electron chi connectivity index (χ2n) is 3.39. The number of benzene rings is 1. The van der Waals surface area contributed by atoms with E-state index in [1.54, 1.807) is 6.07 Å². The first-order valence-electron chi connectivity index (χ1n) is 5.41. The molecule has 1 rings (SSSR count). The van der Waals surface area contributed by atoms with E-state index in [2.05, 4.69) is 5.32 Å². The topological polar surface area (TPSA) is 58.6 Å². The van der Waals surface area contributed by atoms with E-state index in [4.69, 9.17) is 9.84 Å². The van der Waals surface area contributed by atoms with Crippen molar-refractivity contribution in [2.24, 2.45) is 0 Å². The van der Waals surface area contributed by atoms with Gasteiger partial charge in [-0.05, 0) is 30.5 Å². The lowest BCUT2D eigenvalue weighted by molar-refractivity contribution is 0.198. The first-order chi connectivity index (χ1) is 7.76. The van der Waals surface area contributed by atoms with Gasteiger partial charge in [-0.3, -0.25) is 0 Å². The first kappa shape index (κ1) is 12.5. The number of aliphatic hydroxyl groups is 1. The van der Waals surface area contributed by atoms with Gasteiger partial charge in [0.05, 0.1) is 0 Å². The van der Waals surface area contributed by atoms with Crippen molar-refractivity contribution in [2.75, 3.05) is 13.2 Å². The Kier molecular flexibility index (Phi) is 5.36. The number of hydrogen-bond acceptors (Lipinski definition) is 3. The average Bonchev–Trinajstić information content (AvgIpc) is 2.29. The monoisotopic (exact) mass is 223 g/mol. The summed E-state index contributed by atoms with van der Waals surface area (Å²) in [6.45, 7) is 2.52. The fourth-order valence-electron chi connectivity index (χ4n) is 1.24. The Morgan fingerprint density at radius 2 is 2.31 bits per heavy atom. The van der Waals surface area contributed by atoms with E-state index >= 15 is 0 Å². The summed E-state index contributed by atoms with van der Waals surface area (Å²) < 4.78 is 5.07. The van der Waals surface area contributed by atoms with E-state index in [1.165, 1.54) is 0 Å². The summed E-state index contributed by atoms with van der Waals surface area (Å²) in [6, 6.07) is 7.42. The molecule has 16 heavy (non-hydrogen) atoms. The van der Waals surface area contributed by atoms with E-state index < -0.39 is 6.09 Å². The van der Waals surface area contributed by atoms with Gasteiger partial charge < -0.3 is 15.2 Å². The highest BCUT2D eigenvalue weighted by Crippen LogP contribution is 2.13. The van der Waals surface area contributed by atoms with Crippen LogP contribution in [0.3, 0.4) is 0 Å². The zero-order valence-electron chi connectivity index (χ0n) is 9.40. The van der Waals surface area contributed by atoms with Crippen LogP contribution >= 0.6 is 0 Å². The molecule has 0 aromatic heterocycles. The summed E-state index contributed by atoms with van der Waals surface area (Å²) in [7, 11) is 0. The van der Waals surface area contributed by atoms with Crippen molar-refractivity contribution < 1.29 is 14.6 Å². The normalized spacial score (nSPS) is 9.88. The molecule has 88 valence electrons. The maximum atomic E-state index is 11.3. The second-order valence-corrected chi connectivity index (χ2v) is 3.39. The van der Waals surface area contributed by atoms with Crippen molar-refractivity contribution in [2.45, 2.75) is 19.8 Å². The van der Waals surface area contributed by atoms with E-state index in [0.29, 0.717) is 18.7 Å². The van der Waals surface area contributed by atoms with Crippen LogP contribution in [0.5, 0.6) is 5.75 Å². The highest BCUT2D eigenvalue weighted by molar-refractivity contribution is 5.70. The summed E-state index contributed by atoms with van der Waals surface area (Å²) in [5.74, 6) is 0.542. The zero-order chi connectivity index (χ0) is 11.8. The lowest BCUT2D eigenvalue weighted by Crippen LogP contribution is -2.28. The third-order valence-electron chi connectivity index (χ3n) is 2.12. The molecule has 0 aliphatic rings. The molecule has 0 aliphatic carbocycles. The quantitative estimate of drug-likeness (QED) is 0.747. The highest BCUT2D eigenvalue weighted by Gasteiger charge is 2.03. The van der Waals surface area contributed by atoms with Crippen molar-refractivity contribution in [3.05, 3.63) is 29.8 Å². The van der Waals surface area contributed by atoms with Crippen molar-refractivity contribution >= 4 is 6.09 Å². The second kappa shape index (κ2) is 6.85. The minimum atomic E-state index is -0.485. The minimum absolute atomic E-state index is 0.0611. The standard InChI is InChI=1S/C12H17NO3/c1-2-10-5-3-6-11(9-10)16-12(15)13-7-4-8-14/h3,5-6,9,14H,2,4,7-8H2,1H3,(H,13,15). The minimum Gasteiger partial charge on any atom is -0.410 e. The summed E-state index contributed by atoms with van der Waals surface area (Å²) in [5, 5.41) is 11.1. The number of hydrogen-bond donors (Lipinski definition) is 2. The van der Waals surface area contributed by atoms with Gasteiger partial charge in [0, 0.05) is 13.2 Å². The number of nitrogens with one attached hydrogen (secondary N) is 1. The fraction of sp³-hybridized carbons (Fsp3) is 0.417. The van der Waals surface area contributed by atoms with Gasteiger partial charge >= 0.3 is 6.09 Å². The predicted octanol–water partition coefficient (Wildman–Crippen LogP) is 1.72. The van der Waals surface area contributed by atoms with Gasteiger partial charge in [-0.1, -0.05) is 19.1 Å². The molecule has 0 radical (unpaired) electrons. The molecule has 0 bridgehead atoms. The number of carbonyl (C=O) groups excluding carboxylic acids is 1. The summed E-state index contributed by atoms with van der Waals surface area (Å²) in [6.07, 6.45) is 0.953. The molecular formula is C12H17NO3. The summed E-state index contributed by atoms with van der Waals surface area (Å²) in [4.78, 5) is 11.3. The average molecular weight is 223 g/mol. The molecule has 0 saturated carbocycles. The first-order valence-corrected chi connectivity index (χ1v) is 5.41. The van der Waals surface area contributed by atoms with E-state index in [9.17, 15) is 4.79 Å². The summed E-state index contributed by atoms with van der Waals surface area (Å²) in [5.41, 5.74) is 1.13. The van der Waals surface area contributed by atoms with Gasteiger partial charge in [0.2, 0.25) is 0 Å². The molecule has 2 N–H and O–H groups in total. The highest BCUT2D eigenvalue weighted by atomic mass is 16.6. The Labute approximate surface area is 95.2 Å².